The maximum absolute atomic E-state index is 12.1. The van der Waals surface area contributed by atoms with Gasteiger partial charge in [-0.1, -0.05) is 33.6 Å². The Morgan fingerprint density at radius 2 is 2.28 bits per heavy atom. The second-order valence-corrected chi connectivity index (χ2v) is 5.72. The average Bonchev–Trinajstić information content (AvgIpc) is 2.80. The zero-order valence-electron chi connectivity index (χ0n) is 11.4. The Kier molecular flexibility index (Phi) is 3.68. The van der Waals surface area contributed by atoms with Gasteiger partial charge in [0, 0.05) is 12.5 Å². The van der Waals surface area contributed by atoms with E-state index in [1.165, 1.54) is 12.8 Å². The van der Waals surface area contributed by atoms with Crippen molar-refractivity contribution in [3.05, 3.63) is 11.6 Å². The predicted octanol–water partition coefficient (Wildman–Crippen LogP) is 2.07. The molecule has 1 fully saturated rings. The molecular weight excluding hydrogens is 228 g/mol. The molecular formula is C13H22N4O. The summed E-state index contributed by atoms with van der Waals surface area (Å²) in [6.45, 7) is 6.41. The molecule has 1 amide bonds. The minimum atomic E-state index is -0.161. The van der Waals surface area contributed by atoms with Crippen LogP contribution in [-0.4, -0.2) is 27.1 Å². The summed E-state index contributed by atoms with van der Waals surface area (Å²) in [4.78, 5) is 16.2. The van der Waals surface area contributed by atoms with Crippen molar-refractivity contribution >= 4 is 5.91 Å². The van der Waals surface area contributed by atoms with E-state index in [1.54, 1.807) is 0 Å². The molecule has 1 aromatic heterocycles. The van der Waals surface area contributed by atoms with Crippen LogP contribution in [-0.2, 0) is 6.42 Å². The lowest BCUT2D eigenvalue weighted by Gasteiger charge is -2.38. The van der Waals surface area contributed by atoms with Crippen LogP contribution in [0, 0.1) is 5.41 Å². The number of H-pyrrole nitrogens is 1. The second kappa shape index (κ2) is 5.08. The number of carbonyl (C=O) groups excluding carboxylic acids is 1. The van der Waals surface area contributed by atoms with Gasteiger partial charge in [0.1, 0.15) is 5.82 Å². The van der Waals surface area contributed by atoms with Crippen molar-refractivity contribution in [2.24, 2.45) is 5.41 Å². The van der Waals surface area contributed by atoms with Gasteiger partial charge in [0.25, 0.3) is 5.91 Å². The standard InChI is InChI=1S/C13H22N4O/c1-4-10-15-11(17-16-10)12(18)14-9-7-5-6-8-13(9,2)3/h9H,4-8H2,1-3H3,(H,14,18)(H,15,16,17). The highest BCUT2D eigenvalue weighted by atomic mass is 16.2. The van der Waals surface area contributed by atoms with Crippen LogP contribution < -0.4 is 5.32 Å². The first kappa shape index (κ1) is 13.1. The van der Waals surface area contributed by atoms with Crippen molar-refractivity contribution in [2.45, 2.75) is 58.9 Å². The Morgan fingerprint density at radius 1 is 1.50 bits per heavy atom. The van der Waals surface area contributed by atoms with E-state index in [4.69, 9.17) is 0 Å². The second-order valence-electron chi connectivity index (χ2n) is 5.72. The fraction of sp³-hybridized carbons (Fsp3) is 0.769. The summed E-state index contributed by atoms with van der Waals surface area (Å²) in [7, 11) is 0. The maximum atomic E-state index is 12.1. The van der Waals surface area contributed by atoms with Crippen molar-refractivity contribution in [1.82, 2.24) is 20.5 Å². The molecule has 0 aliphatic heterocycles. The average molecular weight is 250 g/mol. The van der Waals surface area contributed by atoms with E-state index in [0.717, 1.165) is 25.1 Å². The third kappa shape index (κ3) is 2.71. The van der Waals surface area contributed by atoms with E-state index in [2.05, 4.69) is 34.3 Å². The summed E-state index contributed by atoms with van der Waals surface area (Å²) in [6, 6.07) is 0.224. The number of hydrogen-bond donors (Lipinski definition) is 2. The predicted molar refractivity (Wildman–Crippen MR) is 69.3 cm³/mol. The molecule has 1 heterocycles. The van der Waals surface area contributed by atoms with Crippen LogP contribution in [0.3, 0.4) is 0 Å². The van der Waals surface area contributed by atoms with Gasteiger partial charge < -0.3 is 5.32 Å². The summed E-state index contributed by atoms with van der Waals surface area (Å²) >= 11 is 0. The smallest absolute Gasteiger partial charge is 0.291 e. The first-order valence-corrected chi connectivity index (χ1v) is 6.75. The lowest BCUT2D eigenvalue weighted by atomic mass is 9.73. The van der Waals surface area contributed by atoms with Gasteiger partial charge in [-0.2, -0.15) is 0 Å². The van der Waals surface area contributed by atoms with Gasteiger partial charge >= 0.3 is 0 Å². The number of aryl methyl sites for hydroxylation is 1. The Hall–Kier alpha value is -1.39. The lowest BCUT2D eigenvalue weighted by molar-refractivity contribution is 0.0843. The van der Waals surface area contributed by atoms with Gasteiger partial charge in [0.15, 0.2) is 0 Å². The molecule has 18 heavy (non-hydrogen) atoms. The zero-order valence-corrected chi connectivity index (χ0v) is 11.4. The highest BCUT2D eigenvalue weighted by molar-refractivity contribution is 5.90. The first-order valence-electron chi connectivity index (χ1n) is 6.75. The number of aromatic nitrogens is 3. The Bertz CT molecular complexity index is 424. The van der Waals surface area contributed by atoms with Crippen LogP contribution in [0.2, 0.25) is 0 Å². The molecule has 100 valence electrons. The SMILES string of the molecule is CCc1nc(C(=O)NC2CCCCC2(C)C)n[nH]1. The first-order chi connectivity index (χ1) is 8.53. The Morgan fingerprint density at radius 3 is 2.89 bits per heavy atom. The van der Waals surface area contributed by atoms with Crippen LogP contribution in [0.4, 0.5) is 0 Å². The van der Waals surface area contributed by atoms with Crippen LogP contribution in [0.5, 0.6) is 0 Å². The third-order valence-electron chi connectivity index (χ3n) is 3.88. The molecule has 1 atom stereocenters. The summed E-state index contributed by atoms with van der Waals surface area (Å²) in [6.07, 6.45) is 5.40. The van der Waals surface area contributed by atoms with Crippen molar-refractivity contribution < 1.29 is 4.79 Å². The molecule has 5 nitrogen and oxygen atoms in total. The molecule has 0 spiro atoms. The summed E-state index contributed by atoms with van der Waals surface area (Å²) in [5.74, 6) is 0.849. The molecule has 2 rings (SSSR count). The van der Waals surface area contributed by atoms with E-state index in [9.17, 15) is 4.79 Å². The number of nitrogens with one attached hydrogen (secondary N) is 2. The van der Waals surface area contributed by atoms with Crippen molar-refractivity contribution in [1.29, 1.82) is 0 Å². The number of carbonyl (C=O) groups is 1. The van der Waals surface area contributed by atoms with E-state index in [0.29, 0.717) is 0 Å². The molecule has 5 heteroatoms. The summed E-state index contributed by atoms with van der Waals surface area (Å²) in [5.41, 5.74) is 0.164. The van der Waals surface area contributed by atoms with Gasteiger partial charge in [0.2, 0.25) is 5.82 Å². The summed E-state index contributed by atoms with van der Waals surface area (Å²) in [5, 5.41) is 9.80. The number of hydrogen-bond acceptors (Lipinski definition) is 3. The van der Waals surface area contributed by atoms with Gasteiger partial charge in [-0.3, -0.25) is 9.89 Å². The van der Waals surface area contributed by atoms with Crippen molar-refractivity contribution in [3.63, 3.8) is 0 Å². The molecule has 0 saturated heterocycles. The molecule has 1 unspecified atom stereocenters. The van der Waals surface area contributed by atoms with Crippen molar-refractivity contribution in [3.8, 4) is 0 Å². The fourth-order valence-electron chi connectivity index (χ4n) is 2.54. The Labute approximate surface area is 108 Å². The molecule has 1 aromatic rings. The molecule has 2 N–H and O–H groups in total. The molecule has 0 aromatic carbocycles. The third-order valence-corrected chi connectivity index (χ3v) is 3.88. The van der Waals surface area contributed by atoms with Gasteiger partial charge in [-0.25, -0.2) is 4.98 Å². The van der Waals surface area contributed by atoms with E-state index < -0.39 is 0 Å². The molecule has 1 aliphatic rings. The minimum absolute atomic E-state index is 0.161. The van der Waals surface area contributed by atoms with Crippen LogP contribution in [0.25, 0.3) is 0 Å². The normalized spacial score (nSPS) is 22.7. The largest absolute Gasteiger partial charge is 0.346 e. The molecule has 1 aliphatic carbocycles. The highest BCUT2D eigenvalue weighted by Gasteiger charge is 2.33. The summed E-state index contributed by atoms with van der Waals surface area (Å²) < 4.78 is 0. The Balaban J connectivity index is 2.02. The number of nitrogens with zero attached hydrogens (tertiary/aromatic N) is 2. The zero-order chi connectivity index (χ0) is 13.2. The monoisotopic (exact) mass is 250 g/mol. The molecule has 1 saturated carbocycles. The molecule has 0 radical (unpaired) electrons. The van der Waals surface area contributed by atoms with Crippen LogP contribution in [0.1, 0.15) is 62.9 Å². The topological polar surface area (TPSA) is 70.7 Å². The number of aromatic amines is 1. The van der Waals surface area contributed by atoms with E-state index in [-0.39, 0.29) is 23.2 Å². The molecule has 0 bridgehead atoms. The maximum Gasteiger partial charge on any atom is 0.291 e. The minimum Gasteiger partial charge on any atom is -0.346 e. The van der Waals surface area contributed by atoms with E-state index >= 15 is 0 Å². The van der Waals surface area contributed by atoms with Gasteiger partial charge in [-0.05, 0) is 18.3 Å². The van der Waals surface area contributed by atoms with E-state index in [1.807, 2.05) is 6.92 Å². The van der Waals surface area contributed by atoms with Gasteiger partial charge in [-0.15, -0.1) is 5.10 Å². The van der Waals surface area contributed by atoms with Crippen LogP contribution >= 0.6 is 0 Å². The fourth-order valence-corrected chi connectivity index (χ4v) is 2.54. The number of amides is 1. The van der Waals surface area contributed by atoms with Crippen molar-refractivity contribution in [2.75, 3.05) is 0 Å². The quantitative estimate of drug-likeness (QED) is 0.862. The van der Waals surface area contributed by atoms with Crippen LogP contribution in [0.15, 0.2) is 0 Å². The number of rotatable bonds is 3. The lowest BCUT2D eigenvalue weighted by Crippen LogP contribution is -2.47. The van der Waals surface area contributed by atoms with Gasteiger partial charge in [0.05, 0.1) is 0 Å². The highest BCUT2D eigenvalue weighted by Crippen LogP contribution is 2.35.